The number of piperidine rings is 1. The third kappa shape index (κ3) is 5.36. The number of hydrogen-bond acceptors (Lipinski definition) is 6. The lowest BCUT2D eigenvalue weighted by molar-refractivity contribution is -0.136. The van der Waals surface area contributed by atoms with Crippen molar-refractivity contribution in [1.29, 1.82) is 0 Å². The van der Waals surface area contributed by atoms with E-state index in [0.29, 0.717) is 5.82 Å². The van der Waals surface area contributed by atoms with Crippen molar-refractivity contribution in [2.45, 2.75) is 39.3 Å². The van der Waals surface area contributed by atoms with E-state index in [0.717, 1.165) is 55.1 Å². The van der Waals surface area contributed by atoms with E-state index in [-0.39, 0.29) is 6.04 Å². The van der Waals surface area contributed by atoms with Crippen molar-refractivity contribution in [2.24, 2.45) is 0 Å². The van der Waals surface area contributed by atoms with Crippen LogP contribution in [0.25, 0.3) is 5.69 Å². The van der Waals surface area contributed by atoms with Crippen LogP contribution in [-0.2, 0) is 16.1 Å². The predicted molar refractivity (Wildman–Crippen MR) is 120 cm³/mol. The average molecular weight is 439 g/mol. The summed E-state index contributed by atoms with van der Waals surface area (Å²) in [6.45, 7) is 6.48. The molecule has 0 spiro atoms. The summed E-state index contributed by atoms with van der Waals surface area (Å²) in [7, 11) is 0. The Balaban J connectivity index is 1.28. The Morgan fingerprint density at radius 3 is 2.55 bits per heavy atom. The molecule has 1 aliphatic rings. The number of thiazole rings is 1. The van der Waals surface area contributed by atoms with Crippen molar-refractivity contribution < 1.29 is 9.59 Å². The number of benzene rings is 1. The number of aryl methyl sites for hydroxylation is 2. The van der Waals surface area contributed by atoms with Gasteiger partial charge >= 0.3 is 11.8 Å². The number of likely N-dealkylation sites (tertiary alicyclic amines) is 1. The molecule has 2 aromatic heterocycles. The van der Waals surface area contributed by atoms with Crippen LogP contribution in [0.2, 0.25) is 0 Å². The fourth-order valence-corrected chi connectivity index (χ4v) is 4.24. The van der Waals surface area contributed by atoms with Crippen LogP contribution in [0, 0.1) is 13.8 Å². The van der Waals surface area contributed by atoms with Gasteiger partial charge < -0.3 is 10.6 Å². The summed E-state index contributed by atoms with van der Waals surface area (Å²) in [5, 5.41) is 11.9. The molecule has 1 aliphatic heterocycles. The third-order valence-electron chi connectivity index (χ3n) is 5.41. The van der Waals surface area contributed by atoms with Gasteiger partial charge in [0.2, 0.25) is 0 Å². The highest BCUT2D eigenvalue weighted by atomic mass is 32.1. The number of carbonyl (C=O) groups excluding carboxylic acids is 2. The molecule has 31 heavy (non-hydrogen) atoms. The normalized spacial score (nSPS) is 15.0. The third-order valence-corrected chi connectivity index (χ3v) is 6.04. The Morgan fingerprint density at radius 1 is 1.13 bits per heavy atom. The topological polar surface area (TPSA) is 92.1 Å². The molecule has 0 aliphatic carbocycles. The molecular weight excluding hydrogens is 412 g/mol. The largest absolute Gasteiger partial charge is 0.345 e. The number of nitrogens with one attached hydrogen (secondary N) is 2. The molecule has 1 saturated heterocycles. The molecule has 8 nitrogen and oxygen atoms in total. The molecule has 0 unspecified atom stereocenters. The fraction of sp³-hybridized carbons (Fsp3) is 0.364. The van der Waals surface area contributed by atoms with E-state index in [2.05, 4.69) is 31.0 Å². The molecule has 2 N–H and O–H groups in total. The van der Waals surface area contributed by atoms with E-state index in [1.54, 1.807) is 22.1 Å². The van der Waals surface area contributed by atoms with Crippen molar-refractivity contribution in [1.82, 2.24) is 25.0 Å². The smallest absolute Gasteiger partial charge is 0.314 e. The van der Waals surface area contributed by atoms with Gasteiger partial charge in [-0.15, -0.1) is 16.4 Å². The molecule has 3 aromatic rings. The number of carbonyl (C=O) groups is 2. The van der Waals surface area contributed by atoms with Gasteiger partial charge in [-0.2, -0.15) is 0 Å². The zero-order valence-corrected chi connectivity index (χ0v) is 18.5. The maximum Gasteiger partial charge on any atom is 0.314 e. The van der Waals surface area contributed by atoms with Crippen molar-refractivity contribution in [3.63, 3.8) is 0 Å². The van der Waals surface area contributed by atoms with E-state index >= 15 is 0 Å². The monoisotopic (exact) mass is 438 g/mol. The molecule has 3 heterocycles. The quantitative estimate of drug-likeness (QED) is 0.598. The number of amides is 2. The molecule has 4 rings (SSSR count). The molecule has 0 atom stereocenters. The van der Waals surface area contributed by atoms with Crippen LogP contribution in [0.1, 0.15) is 29.8 Å². The summed E-state index contributed by atoms with van der Waals surface area (Å²) in [5.74, 6) is -0.963. The minimum Gasteiger partial charge on any atom is -0.345 e. The maximum atomic E-state index is 12.4. The summed E-state index contributed by atoms with van der Waals surface area (Å²) < 4.78 is 1.74. The molecular formula is C22H26N6O2S. The Morgan fingerprint density at radius 2 is 1.87 bits per heavy atom. The van der Waals surface area contributed by atoms with E-state index in [1.165, 1.54) is 0 Å². The first-order valence-electron chi connectivity index (χ1n) is 10.3. The van der Waals surface area contributed by atoms with Crippen LogP contribution in [0.4, 0.5) is 5.82 Å². The van der Waals surface area contributed by atoms with Gasteiger partial charge in [0.25, 0.3) is 0 Å². The van der Waals surface area contributed by atoms with Crippen LogP contribution in [0.15, 0.2) is 41.2 Å². The summed E-state index contributed by atoms with van der Waals surface area (Å²) in [5.41, 5.74) is 5.84. The van der Waals surface area contributed by atoms with E-state index in [9.17, 15) is 9.59 Å². The molecule has 162 valence electrons. The van der Waals surface area contributed by atoms with Crippen LogP contribution in [0.5, 0.6) is 0 Å². The highest BCUT2D eigenvalue weighted by Crippen LogP contribution is 2.16. The van der Waals surface area contributed by atoms with Gasteiger partial charge in [-0.05, 0) is 38.8 Å². The molecule has 9 heteroatoms. The fourth-order valence-electron chi connectivity index (χ4n) is 3.69. The minimum absolute atomic E-state index is 0.00298. The van der Waals surface area contributed by atoms with Gasteiger partial charge in [0.05, 0.1) is 16.9 Å². The molecule has 1 fully saturated rings. The molecule has 0 saturated carbocycles. The van der Waals surface area contributed by atoms with E-state index in [4.69, 9.17) is 0 Å². The first-order valence-corrected chi connectivity index (χ1v) is 11.3. The van der Waals surface area contributed by atoms with Crippen molar-refractivity contribution in [2.75, 3.05) is 18.4 Å². The summed E-state index contributed by atoms with van der Waals surface area (Å²) in [4.78, 5) is 31.4. The van der Waals surface area contributed by atoms with Crippen LogP contribution in [-0.4, -0.2) is 50.6 Å². The zero-order valence-electron chi connectivity index (χ0n) is 17.7. The summed E-state index contributed by atoms with van der Waals surface area (Å²) in [6, 6.07) is 9.69. The van der Waals surface area contributed by atoms with Crippen LogP contribution < -0.4 is 10.6 Å². The lowest BCUT2D eigenvalue weighted by atomic mass is 10.0. The number of anilines is 1. The maximum absolute atomic E-state index is 12.4. The van der Waals surface area contributed by atoms with Gasteiger partial charge in [-0.1, -0.05) is 17.7 Å². The number of aromatic nitrogens is 3. The van der Waals surface area contributed by atoms with Crippen molar-refractivity contribution in [3.05, 3.63) is 58.2 Å². The second kappa shape index (κ2) is 9.40. The van der Waals surface area contributed by atoms with Gasteiger partial charge in [0.1, 0.15) is 0 Å². The van der Waals surface area contributed by atoms with Gasteiger partial charge in [-0.25, -0.2) is 9.67 Å². The lowest BCUT2D eigenvalue weighted by Gasteiger charge is -2.31. The second-order valence-corrected chi connectivity index (χ2v) is 8.59. The van der Waals surface area contributed by atoms with Gasteiger partial charge in [0.15, 0.2) is 5.82 Å². The van der Waals surface area contributed by atoms with Gasteiger partial charge in [-0.3, -0.25) is 14.5 Å². The Bertz CT molecular complexity index is 1040. The Hall–Kier alpha value is -3.04. The summed E-state index contributed by atoms with van der Waals surface area (Å²) >= 11 is 1.60. The highest BCUT2D eigenvalue weighted by molar-refractivity contribution is 7.07. The first kappa shape index (κ1) is 21.2. The second-order valence-electron chi connectivity index (χ2n) is 7.88. The molecule has 2 amide bonds. The van der Waals surface area contributed by atoms with Crippen LogP contribution in [0.3, 0.4) is 0 Å². The standard InChI is InChI=1S/C22H26N6O2S/c1-15-3-5-19(6-4-15)28-16(2)11-20(26-28)25-22(30)21(29)24-17-7-9-27(10-8-17)12-18-13-31-14-23-18/h3-6,11,13-14,17H,7-10,12H2,1-2H3,(H,24,29)(H,25,26,30). The number of nitrogens with zero attached hydrogens (tertiary/aromatic N) is 4. The zero-order chi connectivity index (χ0) is 21.8. The highest BCUT2D eigenvalue weighted by Gasteiger charge is 2.24. The van der Waals surface area contributed by atoms with Crippen LogP contribution >= 0.6 is 11.3 Å². The van der Waals surface area contributed by atoms with Gasteiger partial charge in [0, 0.05) is 42.8 Å². The lowest BCUT2D eigenvalue weighted by Crippen LogP contribution is -2.47. The van der Waals surface area contributed by atoms with Crippen molar-refractivity contribution in [3.8, 4) is 5.69 Å². The average Bonchev–Trinajstić information content (AvgIpc) is 3.39. The predicted octanol–water partition coefficient (Wildman–Crippen LogP) is 2.66. The summed E-state index contributed by atoms with van der Waals surface area (Å²) in [6.07, 6.45) is 1.62. The molecule has 0 radical (unpaired) electrons. The molecule has 1 aromatic carbocycles. The number of rotatable bonds is 5. The van der Waals surface area contributed by atoms with E-state index < -0.39 is 11.8 Å². The Kier molecular flexibility index (Phi) is 6.43. The first-order chi connectivity index (χ1) is 15.0. The van der Waals surface area contributed by atoms with Crippen molar-refractivity contribution >= 4 is 29.0 Å². The Labute approximate surface area is 185 Å². The van der Waals surface area contributed by atoms with E-state index in [1.807, 2.05) is 43.6 Å². The minimum atomic E-state index is -0.696. The molecule has 0 bridgehead atoms. The number of hydrogen-bond donors (Lipinski definition) is 2. The SMILES string of the molecule is Cc1ccc(-n2nc(NC(=O)C(=O)NC3CCN(Cc4cscn4)CC3)cc2C)cc1.